The standard InChI is InChI=1S/C16H20Cl2N2O/c1-11(12-6-9-21-10-7-12)20-15(5-8-17)19-14-4-2-3-13(18)16(14)20/h2-4,11-12H,5-10H2,1H3. The Balaban J connectivity index is 2.07. The second-order valence-electron chi connectivity index (χ2n) is 5.63. The fourth-order valence-electron chi connectivity index (χ4n) is 3.26. The van der Waals surface area contributed by atoms with E-state index in [-0.39, 0.29) is 0 Å². The van der Waals surface area contributed by atoms with Crippen LogP contribution in [0, 0.1) is 5.92 Å². The van der Waals surface area contributed by atoms with Crippen LogP contribution in [0.25, 0.3) is 11.0 Å². The first-order chi connectivity index (χ1) is 10.2. The molecular weight excluding hydrogens is 307 g/mol. The molecule has 0 bridgehead atoms. The third kappa shape index (κ3) is 2.92. The van der Waals surface area contributed by atoms with Gasteiger partial charge in [0.25, 0.3) is 0 Å². The first kappa shape index (κ1) is 15.1. The number of hydrogen-bond acceptors (Lipinski definition) is 2. The predicted octanol–water partition coefficient (Wildman–Crippen LogP) is 4.46. The summed E-state index contributed by atoms with van der Waals surface area (Å²) in [5.41, 5.74) is 2.00. The molecule has 3 nitrogen and oxygen atoms in total. The average Bonchev–Trinajstić information content (AvgIpc) is 2.87. The quantitative estimate of drug-likeness (QED) is 0.775. The van der Waals surface area contributed by atoms with Crippen molar-refractivity contribution < 1.29 is 4.74 Å². The lowest BCUT2D eigenvalue weighted by atomic mass is 9.92. The maximum atomic E-state index is 6.44. The maximum absolute atomic E-state index is 6.44. The Morgan fingerprint density at radius 3 is 2.86 bits per heavy atom. The van der Waals surface area contributed by atoms with Gasteiger partial charge in [0, 0.05) is 31.6 Å². The molecule has 5 heteroatoms. The van der Waals surface area contributed by atoms with E-state index in [0.717, 1.165) is 54.4 Å². The topological polar surface area (TPSA) is 27.1 Å². The summed E-state index contributed by atoms with van der Waals surface area (Å²) >= 11 is 12.4. The van der Waals surface area contributed by atoms with E-state index in [1.165, 1.54) is 0 Å². The van der Waals surface area contributed by atoms with Crippen LogP contribution in [-0.2, 0) is 11.2 Å². The van der Waals surface area contributed by atoms with Crippen LogP contribution < -0.4 is 0 Å². The van der Waals surface area contributed by atoms with Gasteiger partial charge >= 0.3 is 0 Å². The minimum Gasteiger partial charge on any atom is -0.381 e. The van der Waals surface area contributed by atoms with Gasteiger partial charge < -0.3 is 9.30 Å². The zero-order valence-electron chi connectivity index (χ0n) is 12.2. The highest BCUT2D eigenvalue weighted by Gasteiger charge is 2.26. The molecule has 1 unspecified atom stereocenters. The summed E-state index contributed by atoms with van der Waals surface area (Å²) in [6.07, 6.45) is 2.94. The minimum atomic E-state index is 0.358. The van der Waals surface area contributed by atoms with Crippen molar-refractivity contribution in [2.75, 3.05) is 19.1 Å². The molecule has 0 amide bonds. The number of aryl methyl sites for hydroxylation is 1. The number of hydrogen-bond donors (Lipinski definition) is 0. The monoisotopic (exact) mass is 326 g/mol. The number of para-hydroxylation sites is 1. The molecule has 0 spiro atoms. The molecule has 0 N–H and O–H groups in total. The van der Waals surface area contributed by atoms with E-state index in [4.69, 9.17) is 32.9 Å². The zero-order valence-corrected chi connectivity index (χ0v) is 13.7. The highest BCUT2D eigenvalue weighted by atomic mass is 35.5. The normalized spacial score (nSPS) is 18.2. The third-order valence-corrected chi connectivity index (χ3v) is 4.90. The molecule has 1 saturated heterocycles. The number of alkyl halides is 1. The highest BCUT2D eigenvalue weighted by Crippen LogP contribution is 2.34. The molecule has 1 aliphatic rings. The molecule has 1 atom stereocenters. The van der Waals surface area contributed by atoms with Crippen LogP contribution in [0.2, 0.25) is 5.02 Å². The van der Waals surface area contributed by atoms with Gasteiger partial charge in [-0.3, -0.25) is 0 Å². The SMILES string of the molecule is CC(C1CCOCC1)n1c(CCCl)nc2cccc(Cl)c21. The molecule has 0 aliphatic carbocycles. The molecule has 21 heavy (non-hydrogen) atoms. The van der Waals surface area contributed by atoms with Gasteiger partial charge in [0.2, 0.25) is 0 Å². The lowest BCUT2D eigenvalue weighted by molar-refractivity contribution is 0.0515. The number of benzene rings is 1. The van der Waals surface area contributed by atoms with Crippen molar-refractivity contribution in [1.29, 1.82) is 0 Å². The summed E-state index contributed by atoms with van der Waals surface area (Å²) in [7, 11) is 0. The fraction of sp³-hybridized carbons (Fsp3) is 0.562. The Hall–Kier alpha value is -0.770. The number of fused-ring (bicyclic) bond motifs is 1. The second-order valence-corrected chi connectivity index (χ2v) is 6.42. The molecule has 2 aromatic rings. The number of rotatable bonds is 4. The van der Waals surface area contributed by atoms with Crippen molar-refractivity contribution in [1.82, 2.24) is 9.55 Å². The molecule has 2 heterocycles. The van der Waals surface area contributed by atoms with Gasteiger partial charge in [-0.25, -0.2) is 4.98 Å². The van der Waals surface area contributed by atoms with Crippen molar-refractivity contribution in [3.63, 3.8) is 0 Å². The van der Waals surface area contributed by atoms with Crippen molar-refractivity contribution in [3.8, 4) is 0 Å². The molecule has 1 aromatic heterocycles. The Morgan fingerprint density at radius 2 is 2.14 bits per heavy atom. The van der Waals surface area contributed by atoms with Gasteiger partial charge in [-0.1, -0.05) is 17.7 Å². The Morgan fingerprint density at radius 1 is 1.38 bits per heavy atom. The van der Waals surface area contributed by atoms with Gasteiger partial charge in [0.1, 0.15) is 5.82 Å². The van der Waals surface area contributed by atoms with Gasteiger partial charge in [0.05, 0.1) is 16.1 Å². The third-order valence-electron chi connectivity index (χ3n) is 4.41. The van der Waals surface area contributed by atoms with Crippen LogP contribution in [0.1, 0.15) is 31.6 Å². The number of ether oxygens (including phenoxy) is 1. The number of aromatic nitrogens is 2. The highest BCUT2D eigenvalue weighted by molar-refractivity contribution is 6.35. The Kier molecular flexibility index (Phi) is 4.72. The second kappa shape index (κ2) is 6.55. The van der Waals surface area contributed by atoms with Crippen LogP contribution >= 0.6 is 23.2 Å². The van der Waals surface area contributed by atoms with Gasteiger partial charge in [-0.2, -0.15) is 0 Å². The molecule has 1 fully saturated rings. The van der Waals surface area contributed by atoms with Crippen molar-refractivity contribution in [2.45, 2.75) is 32.2 Å². The van der Waals surface area contributed by atoms with Crippen LogP contribution in [-0.4, -0.2) is 28.6 Å². The molecule has 1 aliphatic heterocycles. The number of imidazole rings is 1. The first-order valence-electron chi connectivity index (χ1n) is 7.51. The zero-order chi connectivity index (χ0) is 14.8. The van der Waals surface area contributed by atoms with E-state index in [0.29, 0.717) is 17.8 Å². The summed E-state index contributed by atoms with van der Waals surface area (Å²) in [5.74, 6) is 2.20. The van der Waals surface area contributed by atoms with E-state index in [1.807, 2.05) is 18.2 Å². The largest absolute Gasteiger partial charge is 0.381 e. The molecule has 3 rings (SSSR count). The molecule has 0 radical (unpaired) electrons. The maximum Gasteiger partial charge on any atom is 0.111 e. The Labute approximate surface area is 135 Å². The minimum absolute atomic E-state index is 0.358. The Bertz CT molecular complexity index is 620. The van der Waals surface area contributed by atoms with Crippen LogP contribution in [0.3, 0.4) is 0 Å². The van der Waals surface area contributed by atoms with Crippen molar-refractivity contribution in [2.24, 2.45) is 5.92 Å². The first-order valence-corrected chi connectivity index (χ1v) is 8.42. The van der Waals surface area contributed by atoms with Gasteiger partial charge in [-0.15, -0.1) is 11.6 Å². The summed E-state index contributed by atoms with van der Waals surface area (Å²) in [6.45, 7) is 3.96. The number of halogens is 2. The smallest absolute Gasteiger partial charge is 0.111 e. The van der Waals surface area contributed by atoms with E-state index in [2.05, 4.69) is 11.5 Å². The molecular formula is C16H20Cl2N2O. The lowest BCUT2D eigenvalue weighted by Crippen LogP contribution is -2.25. The summed E-state index contributed by atoms with van der Waals surface area (Å²) < 4.78 is 7.79. The van der Waals surface area contributed by atoms with Gasteiger partial charge in [-0.05, 0) is 37.8 Å². The van der Waals surface area contributed by atoms with Crippen LogP contribution in [0.4, 0.5) is 0 Å². The number of nitrogens with zero attached hydrogens (tertiary/aromatic N) is 2. The van der Waals surface area contributed by atoms with Crippen LogP contribution in [0.5, 0.6) is 0 Å². The molecule has 1 aromatic carbocycles. The average molecular weight is 327 g/mol. The van der Waals surface area contributed by atoms with Crippen molar-refractivity contribution in [3.05, 3.63) is 29.0 Å². The van der Waals surface area contributed by atoms with Gasteiger partial charge in [0.15, 0.2) is 0 Å². The molecule has 0 saturated carbocycles. The van der Waals surface area contributed by atoms with Crippen molar-refractivity contribution >= 4 is 34.2 Å². The lowest BCUT2D eigenvalue weighted by Gasteiger charge is -2.30. The summed E-state index contributed by atoms with van der Waals surface area (Å²) in [4.78, 5) is 4.74. The van der Waals surface area contributed by atoms with E-state index in [9.17, 15) is 0 Å². The van der Waals surface area contributed by atoms with E-state index in [1.54, 1.807) is 0 Å². The summed E-state index contributed by atoms with van der Waals surface area (Å²) in [5, 5.41) is 0.764. The van der Waals surface area contributed by atoms with E-state index < -0.39 is 0 Å². The molecule has 114 valence electrons. The van der Waals surface area contributed by atoms with E-state index >= 15 is 0 Å². The van der Waals surface area contributed by atoms with Crippen LogP contribution in [0.15, 0.2) is 18.2 Å². The predicted molar refractivity (Wildman–Crippen MR) is 87.4 cm³/mol. The fourth-order valence-corrected chi connectivity index (χ4v) is 3.69. The summed E-state index contributed by atoms with van der Waals surface area (Å²) in [6, 6.07) is 6.26.